The maximum absolute atomic E-state index is 11.1. The van der Waals surface area contributed by atoms with E-state index in [1.54, 1.807) is 0 Å². The van der Waals surface area contributed by atoms with Gasteiger partial charge in [-0.3, -0.25) is 4.79 Å². The van der Waals surface area contributed by atoms with Crippen LogP contribution >= 0.6 is 0 Å². The Hall–Kier alpha value is -0.530. The first-order valence-corrected chi connectivity index (χ1v) is 4.49. The lowest BCUT2D eigenvalue weighted by Crippen LogP contribution is -2.39. The van der Waals surface area contributed by atoms with Gasteiger partial charge in [-0.05, 0) is 24.7 Å². The Kier molecular flexibility index (Phi) is 1.44. The largest absolute Gasteiger partial charge is 0.353 e. The molecule has 2 bridgehead atoms. The predicted molar refractivity (Wildman–Crippen MR) is 43.0 cm³/mol. The molecule has 1 aliphatic heterocycles. The third-order valence-corrected chi connectivity index (χ3v) is 3.17. The van der Waals surface area contributed by atoms with Crippen LogP contribution in [-0.4, -0.2) is 11.9 Å². The molecular formula is C9H15NO. The van der Waals surface area contributed by atoms with Crippen LogP contribution in [0.15, 0.2) is 0 Å². The summed E-state index contributed by atoms with van der Waals surface area (Å²) in [5.74, 6) is 2.13. The van der Waals surface area contributed by atoms with Crippen molar-refractivity contribution in [2.45, 2.75) is 32.7 Å². The molecule has 1 heterocycles. The molecule has 3 atom stereocenters. The van der Waals surface area contributed by atoms with Crippen molar-refractivity contribution in [3.63, 3.8) is 0 Å². The molecular weight excluding hydrogens is 138 g/mol. The summed E-state index contributed by atoms with van der Waals surface area (Å²) < 4.78 is 0. The van der Waals surface area contributed by atoms with Gasteiger partial charge in [0.2, 0.25) is 5.91 Å². The Morgan fingerprint density at radius 2 is 2.18 bits per heavy atom. The number of nitrogens with one attached hydrogen (secondary N) is 1. The minimum absolute atomic E-state index is 0.298. The van der Waals surface area contributed by atoms with Gasteiger partial charge >= 0.3 is 0 Å². The number of amides is 1. The molecule has 11 heavy (non-hydrogen) atoms. The Balaban J connectivity index is 2.08. The predicted octanol–water partition coefficient (Wildman–Crippen LogP) is 1.17. The summed E-state index contributed by atoms with van der Waals surface area (Å²) in [6.45, 7) is 4.50. The zero-order valence-electron chi connectivity index (χ0n) is 7.13. The number of piperidine rings is 1. The molecule has 0 aromatic heterocycles. The first kappa shape index (κ1) is 7.14. The molecule has 1 aliphatic carbocycles. The normalized spacial score (nSPS) is 41.7. The fourth-order valence-electron chi connectivity index (χ4n) is 2.49. The van der Waals surface area contributed by atoms with Crippen LogP contribution in [0.2, 0.25) is 0 Å². The molecule has 2 fully saturated rings. The van der Waals surface area contributed by atoms with Crippen LogP contribution in [0.4, 0.5) is 0 Å². The van der Waals surface area contributed by atoms with Crippen molar-refractivity contribution >= 4 is 5.91 Å². The Bertz CT molecular complexity index is 188. The van der Waals surface area contributed by atoms with Crippen LogP contribution < -0.4 is 5.32 Å². The van der Waals surface area contributed by atoms with Crippen molar-refractivity contribution in [2.75, 3.05) is 0 Å². The first-order chi connectivity index (χ1) is 5.18. The van der Waals surface area contributed by atoms with Crippen molar-refractivity contribution < 1.29 is 4.79 Å². The lowest BCUT2D eigenvalue weighted by molar-refractivity contribution is -0.124. The highest BCUT2D eigenvalue weighted by atomic mass is 16.2. The molecule has 0 radical (unpaired) electrons. The van der Waals surface area contributed by atoms with E-state index in [4.69, 9.17) is 0 Å². The second-order valence-electron chi connectivity index (χ2n) is 4.19. The van der Waals surface area contributed by atoms with Crippen molar-refractivity contribution in [1.82, 2.24) is 5.32 Å². The average Bonchev–Trinajstić information content (AvgIpc) is 2.43. The molecule has 2 aliphatic rings. The van der Waals surface area contributed by atoms with E-state index in [1.807, 2.05) is 0 Å². The second kappa shape index (κ2) is 2.23. The smallest absolute Gasteiger partial charge is 0.223 e. The molecule has 2 heteroatoms. The molecule has 1 saturated heterocycles. The quantitative estimate of drug-likeness (QED) is 0.602. The van der Waals surface area contributed by atoms with Crippen LogP contribution in [0.5, 0.6) is 0 Å². The molecule has 2 nitrogen and oxygen atoms in total. The highest BCUT2D eigenvalue weighted by Crippen LogP contribution is 2.40. The van der Waals surface area contributed by atoms with Crippen LogP contribution in [0, 0.1) is 17.8 Å². The fraction of sp³-hybridized carbons (Fsp3) is 0.889. The Morgan fingerprint density at radius 3 is 2.55 bits per heavy atom. The fourth-order valence-corrected chi connectivity index (χ4v) is 2.49. The van der Waals surface area contributed by atoms with E-state index >= 15 is 0 Å². The minimum atomic E-state index is 0.298. The molecule has 0 unspecified atom stereocenters. The lowest BCUT2D eigenvalue weighted by atomic mass is 9.88. The molecule has 0 aromatic rings. The van der Waals surface area contributed by atoms with E-state index in [-0.39, 0.29) is 0 Å². The summed E-state index contributed by atoms with van der Waals surface area (Å²) in [4.78, 5) is 11.1. The first-order valence-electron chi connectivity index (χ1n) is 4.49. The van der Waals surface area contributed by atoms with Gasteiger partial charge in [-0.2, -0.15) is 0 Å². The van der Waals surface area contributed by atoms with E-state index in [0.717, 1.165) is 24.7 Å². The van der Waals surface area contributed by atoms with E-state index < -0.39 is 0 Å². The number of hydrogen-bond donors (Lipinski definition) is 1. The maximum Gasteiger partial charge on any atom is 0.223 e. The van der Waals surface area contributed by atoms with Crippen molar-refractivity contribution in [1.29, 1.82) is 0 Å². The summed E-state index contributed by atoms with van der Waals surface area (Å²) >= 11 is 0. The highest BCUT2D eigenvalue weighted by Gasteiger charge is 2.45. The zero-order valence-corrected chi connectivity index (χ0v) is 7.13. The molecule has 2 rings (SSSR count). The topological polar surface area (TPSA) is 29.1 Å². The van der Waals surface area contributed by atoms with Gasteiger partial charge in [0.15, 0.2) is 0 Å². The van der Waals surface area contributed by atoms with Crippen LogP contribution in [-0.2, 0) is 4.79 Å². The van der Waals surface area contributed by atoms with Crippen molar-refractivity contribution in [3.8, 4) is 0 Å². The number of rotatable bonds is 1. The van der Waals surface area contributed by atoms with E-state index in [1.165, 1.54) is 0 Å². The third-order valence-electron chi connectivity index (χ3n) is 3.17. The standard InChI is InChI=1S/C9H15NO/c1-5(2)7-3-6-4-8(7)10-9(6)11/h5-8H,3-4H2,1-2H3,(H,10,11)/t6-,7+,8-/m1/s1. The van der Waals surface area contributed by atoms with Gasteiger partial charge in [0.1, 0.15) is 0 Å². The molecule has 1 saturated carbocycles. The summed E-state index contributed by atoms with van der Waals surface area (Å²) in [6.07, 6.45) is 2.23. The van der Waals surface area contributed by atoms with Crippen LogP contribution in [0.25, 0.3) is 0 Å². The summed E-state index contributed by atoms with van der Waals surface area (Å²) in [5, 5.41) is 3.05. The monoisotopic (exact) mass is 153 g/mol. The second-order valence-corrected chi connectivity index (χ2v) is 4.19. The van der Waals surface area contributed by atoms with E-state index in [9.17, 15) is 4.79 Å². The van der Waals surface area contributed by atoms with E-state index in [0.29, 0.717) is 17.9 Å². The SMILES string of the molecule is CC(C)[C@@H]1C[C@@H]2C[C@H]1NC2=O. The zero-order chi connectivity index (χ0) is 8.01. The van der Waals surface area contributed by atoms with Crippen molar-refractivity contribution in [2.24, 2.45) is 17.8 Å². The summed E-state index contributed by atoms with van der Waals surface area (Å²) in [7, 11) is 0. The maximum atomic E-state index is 11.1. The minimum Gasteiger partial charge on any atom is -0.353 e. The van der Waals surface area contributed by atoms with Crippen LogP contribution in [0.3, 0.4) is 0 Å². The summed E-state index contributed by atoms with van der Waals surface area (Å²) in [5.41, 5.74) is 0. The number of hydrogen-bond acceptors (Lipinski definition) is 1. The van der Waals surface area contributed by atoms with Gasteiger partial charge < -0.3 is 5.32 Å². The van der Waals surface area contributed by atoms with Crippen molar-refractivity contribution in [3.05, 3.63) is 0 Å². The third kappa shape index (κ3) is 0.959. The molecule has 1 amide bonds. The molecule has 0 aromatic carbocycles. The van der Waals surface area contributed by atoms with Gasteiger partial charge in [-0.25, -0.2) is 0 Å². The van der Waals surface area contributed by atoms with Gasteiger partial charge in [0.05, 0.1) is 0 Å². The van der Waals surface area contributed by atoms with Gasteiger partial charge in [0, 0.05) is 12.0 Å². The van der Waals surface area contributed by atoms with Gasteiger partial charge in [-0.1, -0.05) is 13.8 Å². The number of fused-ring (bicyclic) bond motifs is 2. The summed E-state index contributed by atoms with van der Waals surface area (Å²) in [6, 6.07) is 0.507. The number of carbonyl (C=O) groups excluding carboxylic acids is 1. The Labute approximate surface area is 67.4 Å². The number of carbonyl (C=O) groups is 1. The van der Waals surface area contributed by atoms with Gasteiger partial charge in [-0.15, -0.1) is 0 Å². The molecule has 1 N–H and O–H groups in total. The molecule has 62 valence electrons. The lowest BCUT2D eigenvalue weighted by Gasteiger charge is -2.25. The Morgan fingerprint density at radius 1 is 1.45 bits per heavy atom. The van der Waals surface area contributed by atoms with E-state index in [2.05, 4.69) is 19.2 Å². The highest BCUT2D eigenvalue weighted by molar-refractivity contribution is 5.82. The van der Waals surface area contributed by atoms with Crippen LogP contribution in [0.1, 0.15) is 26.7 Å². The molecule has 0 spiro atoms. The van der Waals surface area contributed by atoms with Gasteiger partial charge in [0.25, 0.3) is 0 Å². The average molecular weight is 153 g/mol.